The number of Topliss-reactive ketones (excluding diaryl/α,β-unsaturated/α-hetero) is 1. The maximum Gasteiger partial charge on any atom is 0.246 e. The molecule has 2 aromatic rings. The monoisotopic (exact) mass is 470 g/mol. The number of benzene rings is 2. The summed E-state index contributed by atoms with van der Waals surface area (Å²) in [6, 6.07) is 11.4. The number of fused-ring (bicyclic) bond motifs is 1. The lowest BCUT2D eigenvalue weighted by atomic mass is 10.2. The Morgan fingerprint density at radius 1 is 0.909 bits per heavy atom. The molecule has 2 heterocycles. The fourth-order valence-electron chi connectivity index (χ4n) is 3.72. The number of piperazine rings is 1. The maximum absolute atomic E-state index is 12.9. The number of ether oxygens (including phenoxy) is 2. The second-order valence-corrected chi connectivity index (χ2v) is 9.84. The molecule has 8 nitrogen and oxygen atoms in total. The lowest BCUT2D eigenvalue weighted by molar-refractivity contribution is -0.127. The third kappa shape index (κ3) is 5.26. The summed E-state index contributed by atoms with van der Waals surface area (Å²) in [5.74, 6) is 1.07. The van der Waals surface area contributed by atoms with Crippen molar-refractivity contribution in [2.24, 2.45) is 0 Å². The molecule has 1 saturated heterocycles. The van der Waals surface area contributed by atoms with E-state index in [4.69, 9.17) is 9.47 Å². The van der Waals surface area contributed by atoms with E-state index < -0.39 is 10.0 Å². The van der Waals surface area contributed by atoms with Gasteiger partial charge < -0.3 is 14.4 Å². The Hall–Kier alpha value is -3.17. The molecule has 0 unspecified atom stereocenters. The van der Waals surface area contributed by atoms with Gasteiger partial charge in [0.15, 0.2) is 17.3 Å². The van der Waals surface area contributed by atoms with Crippen molar-refractivity contribution in [3.63, 3.8) is 0 Å². The molecule has 0 atom stereocenters. The Morgan fingerprint density at radius 2 is 1.58 bits per heavy atom. The van der Waals surface area contributed by atoms with Gasteiger partial charge in [0.2, 0.25) is 15.9 Å². The zero-order valence-electron chi connectivity index (χ0n) is 18.4. The Morgan fingerprint density at radius 3 is 2.24 bits per heavy atom. The minimum Gasteiger partial charge on any atom is -0.490 e. The molecule has 0 radical (unpaired) electrons. The van der Waals surface area contributed by atoms with Crippen molar-refractivity contribution >= 4 is 27.8 Å². The van der Waals surface area contributed by atoms with Crippen LogP contribution in [0.5, 0.6) is 11.5 Å². The first-order chi connectivity index (χ1) is 15.8. The van der Waals surface area contributed by atoms with Crippen LogP contribution in [0.4, 0.5) is 0 Å². The van der Waals surface area contributed by atoms with Crippen molar-refractivity contribution in [2.75, 3.05) is 39.4 Å². The standard InChI is InChI=1S/C24H26N2O6S/c1-18(27)20-5-7-21(8-6-20)33(29,30)26-13-11-25(12-14-26)24(28)10-4-19-3-9-22-23(17-19)32-16-2-15-31-22/h3-10,17H,2,11-16H2,1H3. The molecule has 1 amide bonds. The average molecular weight is 471 g/mol. The van der Waals surface area contributed by atoms with E-state index in [1.54, 1.807) is 11.0 Å². The number of hydrogen-bond acceptors (Lipinski definition) is 6. The second kappa shape index (κ2) is 9.76. The topological polar surface area (TPSA) is 93.2 Å². The smallest absolute Gasteiger partial charge is 0.246 e. The average Bonchev–Trinajstić information content (AvgIpc) is 3.07. The van der Waals surface area contributed by atoms with Crippen molar-refractivity contribution in [2.45, 2.75) is 18.2 Å². The molecule has 9 heteroatoms. The summed E-state index contributed by atoms with van der Waals surface area (Å²) in [6.45, 7) is 3.66. The number of rotatable bonds is 5. The van der Waals surface area contributed by atoms with Crippen molar-refractivity contribution in [1.82, 2.24) is 9.21 Å². The summed E-state index contributed by atoms with van der Waals surface area (Å²) in [7, 11) is -3.68. The molecule has 1 fully saturated rings. The first kappa shape index (κ1) is 23.0. The van der Waals surface area contributed by atoms with Gasteiger partial charge in [-0.2, -0.15) is 4.31 Å². The lowest BCUT2D eigenvalue weighted by Crippen LogP contribution is -2.50. The largest absolute Gasteiger partial charge is 0.490 e. The van der Waals surface area contributed by atoms with E-state index in [0.29, 0.717) is 43.4 Å². The molecule has 0 saturated carbocycles. The molecule has 2 aromatic carbocycles. The molecule has 0 bridgehead atoms. The summed E-state index contributed by atoms with van der Waals surface area (Å²) in [5, 5.41) is 0. The first-order valence-corrected chi connectivity index (χ1v) is 12.3. The molecule has 33 heavy (non-hydrogen) atoms. The van der Waals surface area contributed by atoms with Crippen LogP contribution in [-0.4, -0.2) is 68.7 Å². The fourth-order valence-corrected chi connectivity index (χ4v) is 5.14. The zero-order chi connectivity index (χ0) is 23.4. The quantitative estimate of drug-likeness (QED) is 0.493. The molecule has 0 aromatic heterocycles. The van der Waals surface area contributed by atoms with Crippen LogP contribution in [0.15, 0.2) is 53.4 Å². The molecular weight excluding hydrogens is 444 g/mol. The van der Waals surface area contributed by atoms with Gasteiger partial charge in [-0.1, -0.05) is 18.2 Å². The highest BCUT2D eigenvalue weighted by atomic mass is 32.2. The van der Waals surface area contributed by atoms with E-state index in [1.807, 2.05) is 18.2 Å². The Bertz CT molecular complexity index is 1170. The van der Waals surface area contributed by atoms with Crippen LogP contribution in [0.1, 0.15) is 29.3 Å². The van der Waals surface area contributed by atoms with Gasteiger partial charge in [0.1, 0.15) is 0 Å². The zero-order valence-corrected chi connectivity index (χ0v) is 19.2. The summed E-state index contributed by atoms with van der Waals surface area (Å²) >= 11 is 0. The van der Waals surface area contributed by atoms with E-state index in [2.05, 4.69) is 0 Å². The number of ketones is 1. The van der Waals surface area contributed by atoms with Crippen LogP contribution < -0.4 is 9.47 Å². The molecule has 0 aliphatic carbocycles. The van der Waals surface area contributed by atoms with Crippen LogP contribution in [0.25, 0.3) is 6.08 Å². The van der Waals surface area contributed by atoms with Gasteiger partial charge in [0, 0.05) is 44.2 Å². The molecule has 4 rings (SSSR count). The molecule has 0 N–H and O–H groups in total. The minimum absolute atomic E-state index is 0.120. The van der Waals surface area contributed by atoms with Crippen LogP contribution in [0.3, 0.4) is 0 Å². The SMILES string of the molecule is CC(=O)c1ccc(S(=O)(=O)N2CCN(C(=O)C=Cc3ccc4c(c3)OCCCO4)CC2)cc1. The molecule has 2 aliphatic rings. The van der Waals surface area contributed by atoms with Gasteiger partial charge in [0.25, 0.3) is 0 Å². The van der Waals surface area contributed by atoms with Crippen LogP contribution >= 0.6 is 0 Å². The third-order valence-corrected chi connectivity index (χ3v) is 7.55. The van der Waals surface area contributed by atoms with E-state index in [9.17, 15) is 18.0 Å². The third-order valence-electron chi connectivity index (χ3n) is 5.64. The maximum atomic E-state index is 12.9. The van der Waals surface area contributed by atoms with Crippen LogP contribution in [-0.2, 0) is 14.8 Å². The van der Waals surface area contributed by atoms with Crippen molar-refractivity contribution in [3.8, 4) is 11.5 Å². The number of sulfonamides is 1. The Kier molecular flexibility index (Phi) is 6.80. The van der Waals surface area contributed by atoms with Crippen LogP contribution in [0, 0.1) is 0 Å². The highest BCUT2D eigenvalue weighted by Crippen LogP contribution is 2.30. The predicted octanol–water partition coefficient (Wildman–Crippen LogP) is 2.60. The van der Waals surface area contributed by atoms with E-state index in [-0.39, 0.29) is 29.7 Å². The van der Waals surface area contributed by atoms with Crippen molar-refractivity contribution in [3.05, 3.63) is 59.7 Å². The second-order valence-electron chi connectivity index (χ2n) is 7.90. The lowest BCUT2D eigenvalue weighted by Gasteiger charge is -2.33. The Labute approximate surface area is 193 Å². The van der Waals surface area contributed by atoms with Gasteiger partial charge in [-0.3, -0.25) is 9.59 Å². The summed E-state index contributed by atoms with van der Waals surface area (Å²) < 4.78 is 38.5. The molecular formula is C24H26N2O6S. The first-order valence-electron chi connectivity index (χ1n) is 10.8. The normalized spacial score (nSPS) is 17.1. The predicted molar refractivity (Wildman–Crippen MR) is 123 cm³/mol. The molecule has 0 spiro atoms. The highest BCUT2D eigenvalue weighted by Gasteiger charge is 2.29. The molecule has 174 valence electrons. The van der Waals surface area contributed by atoms with Gasteiger partial charge >= 0.3 is 0 Å². The van der Waals surface area contributed by atoms with E-state index in [0.717, 1.165) is 12.0 Å². The van der Waals surface area contributed by atoms with Crippen molar-refractivity contribution in [1.29, 1.82) is 0 Å². The summed E-state index contributed by atoms with van der Waals surface area (Å²) in [4.78, 5) is 25.8. The number of nitrogens with zero attached hydrogens (tertiary/aromatic N) is 2. The number of carbonyl (C=O) groups excluding carboxylic acids is 2. The number of hydrogen-bond donors (Lipinski definition) is 0. The van der Waals surface area contributed by atoms with Gasteiger partial charge in [-0.05, 0) is 42.8 Å². The van der Waals surface area contributed by atoms with E-state index >= 15 is 0 Å². The molecule has 2 aliphatic heterocycles. The number of carbonyl (C=O) groups is 2. The van der Waals surface area contributed by atoms with Crippen molar-refractivity contribution < 1.29 is 27.5 Å². The number of amides is 1. The summed E-state index contributed by atoms with van der Waals surface area (Å²) in [5.41, 5.74) is 1.28. The van der Waals surface area contributed by atoms with Gasteiger partial charge in [-0.15, -0.1) is 0 Å². The Balaban J connectivity index is 1.36. The van der Waals surface area contributed by atoms with Gasteiger partial charge in [-0.25, -0.2) is 8.42 Å². The van der Waals surface area contributed by atoms with Gasteiger partial charge in [0.05, 0.1) is 18.1 Å². The summed E-state index contributed by atoms with van der Waals surface area (Å²) in [6.07, 6.45) is 4.03. The van der Waals surface area contributed by atoms with Crippen LogP contribution in [0.2, 0.25) is 0 Å². The van der Waals surface area contributed by atoms with E-state index in [1.165, 1.54) is 41.6 Å². The fraction of sp³-hybridized carbons (Fsp3) is 0.333. The minimum atomic E-state index is -3.68. The highest BCUT2D eigenvalue weighted by molar-refractivity contribution is 7.89.